The highest BCUT2D eigenvalue weighted by atomic mass is 35.5. The Balaban J connectivity index is 1.69. The van der Waals surface area contributed by atoms with Gasteiger partial charge in [0, 0.05) is 30.3 Å². The summed E-state index contributed by atoms with van der Waals surface area (Å²) in [6.45, 7) is 4.60. The molecule has 1 fully saturated rings. The van der Waals surface area contributed by atoms with Crippen molar-refractivity contribution in [2.75, 3.05) is 25.0 Å². The molecule has 1 N–H and O–H groups in total. The zero-order valence-corrected chi connectivity index (χ0v) is 17.6. The van der Waals surface area contributed by atoms with Gasteiger partial charge in [-0.3, -0.25) is 4.79 Å². The van der Waals surface area contributed by atoms with Crippen LogP contribution in [0, 0.1) is 13.8 Å². The second kappa shape index (κ2) is 8.61. The van der Waals surface area contributed by atoms with Crippen LogP contribution in [-0.4, -0.2) is 42.6 Å². The van der Waals surface area contributed by atoms with Crippen LogP contribution in [0.25, 0.3) is 0 Å². The van der Waals surface area contributed by atoms with Crippen LogP contribution in [0.15, 0.2) is 42.5 Å². The summed E-state index contributed by atoms with van der Waals surface area (Å²) < 4.78 is 28.5. The molecule has 1 heterocycles. The molecule has 3 rings (SSSR count). The van der Waals surface area contributed by atoms with Crippen molar-refractivity contribution in [1.82, 2.24) is 8.61 Å². The molecule has 0 saturated carbocycles. The predicted molar refractivity (Wildman–Crippen MR) is 112 cm³/mol. The smallest absolute Gasteiger partial charge is 0.282 e. The molecule has 0 aromatic heterocycles. The minimum Gasteiger partial charge on any atom is -0.325 e. The van der Waals surface area contributed by atoms with E-state index in [-0.39, 0.29) is 19.0 Å². The SMILES string of the molecule is Cc1cc(C)cc(NC(=O)CN2CCCN(Cc3ccccc3Cl)S2(=O)=O)c1. The van der Waals surface area contributed by atoms with E-state index in [1.807, 2.05) is 44.2 Å². The number of carbonyl (C=O) groups excluding carboxylic acids is 1. The van der Waals surface area contributed by atoms with E-state index in [1.54, 1.807) is 12.1 Å². The zero-order chi connectivity index (χ0) is 20.3. The maximum absolute atomic E-state index is 13.0. The lowest BCUT2D eigenvalue weighted by Gasteiger charge is -2.34. The number of benzene rings is 2. The Morgan fingerprint density at radius 1 is 1.07 bits per heavy atom. The minimum absolute atomic E-state index is 0.192. The Hall–Kier alpha value is -1.93. The van der Waals surface area contributed by atoms with Gasteiger partial charge in [0.15, 0.2) is 0 Å². The summed E-state index contributed by atoms with van der Waals surface area (Å²) in [5.41, 5.74) is 3.48. The summed E-state index contributed by atoms with van der Waals surface area (Å²) >= 11 is 6.17. The lowest BCUT2D eigenvalue weighted by Crippen LogP contribution is -2.51. The standard InChI is InChI=1S/C20H24ClN3O3S/c1-15-10-16(2)12-18(11-15)22-20(25)14-24-9-5-8-23(28(24,26)27)13-17-6-3-4-7-19(17)21/h3-4,6-7,10-12H,5,8-9,13-14H2,1-2H3,(H,22,25). The quantitative estimate of drug-likeness (QED) is 0.804. The van der Waals surface area contributed by atoms with Gasteiger partial charge in [-0.25, -0.2) is 0 Å². The van der Waals surface area contributed by atoms with Gasteiger partial charge < -0.3 is 5.32 Å². The monoisotopic (exact) mass is 421 g/mol. The van der Waals surface area contributed by atoms with E-state index in [2.05, 4.69) is 5.32 Å². The number of nitrogens with zero attached hydrogens (tertiary/aromatic N) is 2. The number of hydrogen-bond donors (Lipinski definition) is 1. The normalized spacial score (nSPS) is 17.4. The first-order chi connectivity index (χ1) is 13.3. The summed E-state index contributed by atoms with van der Waals surface area (Å²) in [4.78, 5) is 12.5. The maximum atomic E-state index is 13.0. The Kier molecular flexibility index (Phi) is 6.40. The first-order valence-electron chi connectivity index (χ1n) is 9.12. The van der Waals surface area contributed by atoms with Gasteiger partial charge in [-0.15, -0.1) is 0 Å². The summed E-state index contributed by atoms with van der Waals surface area (Å²) in [6, 6.07) is 12.9. The molecule has 0 bridgehead atoms. The number of halogens is 1. The molecule has 1 amide bonds. The van der Waals surface area contributed by atoms with Crippen LogP contribution in [-0.2, 0) is 21.5 Å². The highest BCUT2D eigenvalue weighted by molar-refractivity contribution is 7.86. The number of nitrogens with one attached hydrogen (secondary N) is 1. The molecule has 8 heteroatoms. The van der Waals surface area contributed by atoms with E-state index in [9.17, 15) is 13.2 Å². The number of rotatable bonds is 5. The molecule has 0 aliphatic carbocycles. The van der Waals surface area contributed by atoms with Crippen molar-refractivity contribution in [3.8, 4) is 0 Å². The van der Waals surface area contributed by atoms with Crippen LogP contribution in [0.4, 0.5) is 5.69 Å². The number of carbonyl (C=O) groups is 1. The first kappa shape index (κ1) is 20.8. The van der Waals surface area contributed by atoms with Crippen molar-refractivity contribution in [1.29, 1.82) is 0 Å². The zero-order valence-electron chi connectivity index (χ0n) is 16.0. The summed E-state index contributed by atoms with van der Waals surface area (Å²) in [7, 11) is -3.74. The van der Waals surface area contributed by atoms with E-state index in [0.29, 0.717) is 30.2 Å². The van der Waals surface area contributed by atoms with Gasteiger partial charge in [-0.05, 0) is 55.2 Å². The number of anilines is 1. The van der Waals surface area contributed by atoms with Crippen molar-refractivity contribution in [2.45, 2.75) is 26.8 Å². The van der Waals surface area contributed by atoms with Crippen molar-refractivity contribution in [3.63, 3.8) is 0 Å². The van der Waals surface area contributed by atoms with Crippen LogP contribution >= 0.6 is 11.6 Å². The molecule has 1 saturated heterocycles. The third kappa shape index (κ3) is 4.91. The fourth-order valence-electron chi connectivity index (χ4n) is 3.36. The number of aryl methyl sites for hydroxylation is 2. The van der Waals surface area contributed by atoms with E-state index >= 15 is 0 Å². The minimum atomic E-state index is -3.74. The molecule has 1 aliphatic heterocycles. The van der Waals surface area contributed by atoms with Gasteiger partial charge in [-0.1, -0.05) is 35.9 Å². The Morgan fingerprint density at radius 2 is 1.71 bits per heavy atom. The topological polar surface area (TPSA) is 69.7 Å². The lowest BCUT2D eigenvalue weighted by atomic mass is 10.1. The van der Waals surface area contributed by atoms with E-state index < -0.39 is 10.2 Å². The Labute approximate surface area is 171 Å². The molecule has 0 atom stereocenters. The van der Waals surface area contributed by atoms with Crippen molar-refractivity contribution >= 4 is 33.4 Å². The van der Waals surface area contributed by atoms with Gasteiger partial charge in [0.05, 0.1) is 6.54 Å². The molecule has 0 unspecified atom stereocenters. The first-order valence-corrected chi connectivity index (χ1v) is 10.9. The third-order valence-corrected chi connectivity index (χ3v) is 6.89. The van der Waals surface area contributed by atoms with E-state index in [0.717, 1.165) is 16.7 Å². The van der Waals surface area contributed by atoms with Crippen LogP contribution < -0.4 is 5.32 Å². The molecular weight excluding hydrogens is 398 g/mol. The largest absolute Gasteiger partial charge is 0.325 e. The molecule has 28 heavy (non-hydrogen) atoms. The molecule has 1 aliphatic rings. The second-order valence-electron chi connectivity index (χ2n) is 7.04. The van der Waals surface area contributed by atoms with Gasteiger partial charge >= 0.3 is 0 Å². The second-order valence-corrected chi connectivity index (χ2v) is 9.38. The van der Waals surface area contributed by atoms with Gasteiger partial charge in [0.1, 0.15) is 0 Å². The highest BCUT2D eigenvalue weighted by Gasteiger charge is 2.34. The fraction of sp³-hybridized carbons (Fsp3) is 0.350. The van der Waals surface area contributed by atoms with Crippen LogP contribution in [0.2, 0.25) is 5.02 Å². The van der Waals surface area contributed by atoms with Crippen LogP contribution in [0.1, 0.15) is 23.1 Å². The van der Waals surface area contributed by atoms with Gasteiger partial charge in [0.25, 0.3) is 10.2 Å². The maximum Gasteiger partial charge on any atom is 0.282 e. The molecule has 0 radical (unpaired) electrons. The van der Waals surface area contributed by atoms with Gasteiger partial charge in [0.2, 0.25) is 5.91 Å². The molecule has 2 aromatic carbocycles. The van der Waals surface area contributed by atoms with Gasteiger partial charge in [-0.2, -0.15) is 17.0 Å². The number of amides is 1. The van der Waals surface area contributed by atoms with Crippen molar-refractivity contribution in [3.05, 3.63) is 64.2 Å². The van der Waals surface area contributed by atoms with Crippen molar-refractivity contribution in [2.24, 2.45) is 0 Å². The Bertz CT molecular complexity index is 958. The molecule has 6 nitrogen and oxygen atoms in total. The van der Waals surface area contributed by atoms with Crippen molar-refractivity contribution < 1.29 is 13.2 Å². The van der Waals surface area contributed by atoms with E-state index in [4.69, 9.17) is 11.6 Å². The number of hydrogen-bond acceptors (Lipinski definition) is 3. The average molecular weight is 422 g/mol. The summed E-state index contributed by atoms with van der Waals surface area (Å²) in [5.74, 6) is -0.354. The fourth-order valence-corrected chi connectivity index (χ4v) is 5.19. The highest BCUT2D eigenvalue weighted by Crippen LogP contribution is 2.23. The summed E-state index contributed by atoms with van der Waals surface area (Å²) in [5, 5.41) is 3.33. The lowest BCUT2D eigenvalue weighted by molar-refractivity contribution is -0.116. The summed E-state index contributed by atoms with van der Waals surface area (Å²) in [6.07, 6.45) is 0.653. The molecule has 0 spiro atoms. The van der Waals surface area contributed by atoms with Crippen LogP contribution in [0.3, 0.4) is 0 Å². The van der Waals surface area contributed by atoms with E-state index in [1.165, 1.54) is 8.61 Å². The average Bonchev–Trinajstić information content (AvgIpc) is 2.59. The third-order valence-electron chi connectivity index (χ3n) is 4.60. The Morgan fingerprint density at radius 3 is 2.39 bits per heavy atom. The predicted octanol–water partition coefficient (Wildman–Crippen LogP) is 3.35. The molecular formula is C20H24ClN3O3S. The van der Waals surface area contributed by atoms with Crippen LogP contribution in [0.5, 0.6) is 0 Å². The molecule has 150 valence electrons. The molecule has 2 aromatic rings.